The summed E-state index contributed by atoms with van der Waals surface area (Å²) in [4.78, 5) is 3.17. The number of aryl methyl sites for hydroxylation is 1. The second-order valence-corrected chi connectivity index (χ2v) is 3.03. The molecule has 0 bridgehead atoms. The molecule has 0 spiro atoms. The molecular formula is C7H7NS. The van der Waals surface area contributed by atoms with Crippen LogP contribution >= 0.6 is 11.3 Å². The Hall–Kier alpha value is -0.760. The minimum atomic E-state index is 1.28. The monoisotopic (exact) mass is 137 g/mol. The molecule has 0 atom stereocenters. The van der Waals surface area contributed by atoms with Crippen molar-refractivity contribution in [1.82, 2.24) is 4.98 Å². The quantitative estimate of drug-likeness (QED) is 0.574. The first-order chi connectivity index (χ1) is 4.38. The zero-order valence-corrected chi connectivity index (χ0v) is 5.96. The topological polar surface area (TPSA) is 15.8 Å². The van der Waals surface area contributed by atoms with Crippen LogP contribution in [0.3, 0.4) is 0 Å². The van der Waals surface area contributed by atoms with Crippen LogP contribution in [0, 0.1) is 6.92 Å². The largest absolute Gasteiger partial charge is 0.363 e. The number of hydrogen-bond acceptors (Lipinski definition) is 1. The number of aromatic amines is 1. The van der Waals surface area contributed by atoms with Gasteiger partial charge in [0.05, 0.1) is 4.70 Å². The number of fused-ring (bicyclic) bond motifs is 1. The highest BCUT2D eigenvalue weighted by Crippen LogP contribution is 2.22. The molecule has 0 radical (unpaired) electrons. The van der Waals surface area contributed by atoms with E-state index in [0.29, 0.717) is 0 Å². The molecule has 2 aromatic heterocycles. The first-order valence-electron chi connectivity index (χ1n) is 2.89. The SMILES string of the molecule is Cc1[nH]cc2ccsc12. The van der Waals surface area contributed by atoms with Gasteiger partial charge in [0.1, 0.15) is 0 Å². The molecule has 0 unspecified atom stereocenters. The van der Waals surface area contributed by atoms with Gasteiger partial charge in [-0.2, -0.15) is 0 Å². The van der Waals surface area contributed by atoms with Gasteiger partial charge < -0.3 is 4.98 Å². The van der Waals surface area contributed by atoms with Crippen LogP contribution in [-0.2, 0) is 0 Å². The lowest BCUT2D eigenvalue weighted by Crippen LogP contribution is -1.62. The van der Waals surface area contributed by atoms with Crippen LogP contribution in [-0.4, -0.2) is 4.98 Å². The molecule has 0 aliphatic rings. The third-order valence-electron chi connectivity index (χ3n) is 1.48. The summed E-state index contributed by atoms with van der Waals surface area (Å²) in [6, 6.07) is 2.13. The Bertz CT molecular complexity index is 318. The van der Waals surface area contributed by atoms with Crippen molar-refractivity contribution in [3.63, 3.8) is 0 Å². The van der Waals surface area contributed by atoms with Crippen LogP contribution < -0.4 is 0 Å². The average Bonchev–Trinajstić information content (AvgIpc) is 2.35. The average molecular weight is 137 g/mol. The van der Waals surface area contributed by atoms with Gasteiger partial charge in [0, 0.05) is 17.3 Å². The molecule has 9 heavy (non-hydrogen) atoms. The molecule has 1 nitrogen and oxygen atoms in total. The number of nitrogens with one attached hydrogen (secondary N) is 1. The Morgan fingerprint density at radius 3 is 3.22 bits per heavy atom. The van der Waals surface area contributed by atoms with Crippen molar-refractivity contribution in [2.24, 2.45) is 0 Å². The maximum absolute atomic E-state index is 3.17. The van der Waals surface area contributed by atoms with Crippen molar-refractivity contribution in [3.8, 4) is 0 Å². The summed E-state index contributed by atoms with van der Waals surface area (Å²) in [5.74, 6) is 0. The van der Waals surface area contributed by atoms with Gasteiger partial charge in [-0.15, -0.1) is 11.3 Å². The number of rotatable bonds is 0. The summed E-state index contributed by atoms with van der Waals surface area (Å²) in [5.41, 5.74) is 1.28. The van der Waals surface area contributed by atoms with Crippen molar-refractivity contribution in [3.05, 3.63) is 23.3 Å². The van der Waals surface area contributed by atoms with Crippen LogP contribution in [0.1, 0.15) is 5.69 Å². The highest BCUT2D eigenvalue weighted by molar-refractivity contribution is 7.17. The zero-order chi connectivity index (χ0) is 6.27. The van der Waals surface area contributed by atoms with Crippen LogP contribution in [0.15, 0.2) is 17.6 Å². The third kappa shape index (κ3) is 0.598. The molecule has 0 saturated heterocycles. The van der Waals surface area contributed by atoms with Crippen LogP contribution in [0.2, 0.25) is 0 Å². The lowest BCUT2D eigenvalue weighted by atomic mass is 10.4. The first kappa shape index (κ1) is 5.06. The van der Waals surface area contributed by atoms with Crippen LogP contribution in [0.25, 0.3) is 10.1 Å². The number of thiophene rings is 1. The molecule has 0 aromatic carbocycles. The summed E-state index contributed by atoms with van der Waals surface area (Å²) in [5, 5.41) is 3.45. The van der Waals surface area contributed by atoms with E-state index in [4.69, 9.17) is 0 Å². The molecule has 0 aliphatic carbocycles. The lowest BCUT2D eigenvalue weighted by molar-refractivity contribution is 1.29. The molecule has 0 fully saturated rings. The molecular weight excluding hydrogens is 130 g/mol. The van der Waals surface area contributed by atoms with Gasteiger partial charge >= 0.3 is 0 Å². The van der Waals surface area contributed by atoms with Gasteiger partial charge in [-0.05, 0) is 18.4 Å². The van der Waals surface area contributed by atoms with E-state index >= 15 is 0 Å². The van der Waals surface area contributed by atoms with Gasteiger partial charge in [0.25, 0.3) is 0 Å². The van der Waals surface area contributed by atoms with Gasteiger partial charge in [0.15, 0.2) is 0 Å². The maximum atomic E-state index is 3.17. The molecule has 2 heterocycles. The van der Waals surface area contributed by atoms with E-state index in [1.807, 2.05) is 6.20 Å². The molecule has 0 saturated carbocycles. The summed E-state index contributed by atoms with van der Waals surface area (Å²) < 4.78 is 1.38. The van der Waals surface area contributed by atoms with Crippen molar-refractivity contribution in [2.45, 2.75) is 6.92 Å². The van der Waals surface area contributed by atoms with Gasteiger partial charge in [0.2, 0.25) is 0 Å². The highest BCUT2D eigenvalue weighted by Gasteiger charge is 1.97. The Morgan fingerprint density at radius 1 is 1.56 bits per heavy atom. The Kier molecular flexibility index (Phi) is 0.904. The molecule has 2 rings (SSSR count). The van der Waals surface area contributed by atoms with Crippen LogP contribution in [0.4, 0.5) is 0 Å². The summed E-state index contributed by atoms with van der Waals surface area (Å²) in [6.45, 7) is 2.10. The van der Waals surface area contributed by atoms with Gasteiger partial charge in [-0.1, -0.05) is 0 Å². The molecule has 1 N–H and O–H groups in total. The fourth-order valence-corrected chi connectivity index (χ4v) is 1.84. The van der Waals surface area contributed by atoms with Crippen molar-refractivity contribution in [1.29, 1.82) is 0 Å². The number of aromatic nitrogens is 1. The highest BCUT2D eigenvalue weighted by atomic mass is 32.1. The minimum absolute atomic E-state index is 1.28. The normalized spacial score (nSPS) is 10.8. The molecule has 46 valence electrons. The van der Waals surface area contributed by atoms with Crippen molar-refractivity contribution in [2.75, 3.05) is 0 Å². The number of hydrogen-bond donors (Lipinski definition) is 1. The predicted octanol–water partition coefficient (Wildman–Crippen LogP) is 2.54. The molecule has 2 heteroatoms. The Balaban J connectivity index is 2.99. The van der Waals surface area contributed by atoms with E-state index in [-0.39, 0.29) is 0 Å². The lowest BCUT2D eigenvalue weighted by Gasteiger charge is -1.77. The second kappa shape index (κ2) is 1.61. The van der Waals surface area contributed by atoms with E-state index in [2.05, 4.69) is 23.4 Å². The number of H-pyrrole nitrogens is 1. The van der Waals surface area contributed by atoms with Crippen LogP contribution in [0.5, 0.6) is 0 Å². The molecule has 0 amide bonds. The van der Waals surface area contributed by atoms with E-state index < -0.39 is 0 Å². The van der Waals surface area contributed by atoms with Gasteiger partial charge in [-0.25, -0.2) is 0 Å². The fourth-order valence-electron chi connectivity index (χ4n) is 0.989. The smallest absolute Gasteiger partial charge is 0.0546 e. The summed E-state index contributed by atoms with van der Waals surface area (Å²) in [6.07, 6.45) is 2.04. The predicted molar refractivity (Wildman–Crippen MR) is 40.9 cm³/mol. The minimum Gasteiger partial charge on any atom is -0.363 e. The maximum Gasteiger partial charge on any atom is 0.0546 e. The standard InChI is InChI=1S/C7H7NS/c1-5-7-6(4-8-5)2-3-9-7/h2-4,8H,1H3. The van der Waals surface area contributed by atoms with E-state index in [0.717, 1.165) is 0 Å². The third-order valence-corrected chi connectivity index (χ3v) is 2.53. The Morgan fingerprint density at radius 2 is 2.44 bits per heavy atom. The second-order valence-electron chi connectivity index (χ2n) is 2.12. The zero-order valence-electron chi connectivity index (χ0n) is 5.14. The fraction of sp³-hybridized carbons (Fsp3) is 0.143. The Labute approximate surface area is 57.3 Å². The summed E-state index contributed by atoms with van der Waals surface area (Å²) in [7, 11) is 0. The van der Waals surface area contributed by atoms with Gasteiger partial charge in [-0.3, -0.25) is 0 Å². The summed E-state index contributed by atoms with van der Waals surface area (Å²) >= 11 is 1.79. The van der Waals surface area contributed by atoms with E-state index in [1.54, 1.807) is 11.3 Å². The van der Waals surface area contributed by atoms with Crippen molar-refractivity contribution < 1.29 is 0 Å². The van der Waals surface area contributed by atoms with Crippen molar-refractivity contribution >= 4 is 21.4 Å². The molecule has 2 aromatic rings. The first-order valence-corrected chi connectivity index (χ1v) is 3.77. The molecule has 0 aliphatic heterocycles. The van der Waals surface area contributed by atoms with E-state index in [1.165, 1.54) is 15.8 Å². The van der Waals surface area contributed by atoms with E-state index in [9.17, 15) is 0 Å².